The highest BCUT2D eigenvalue weighted by atomic mass is 16.5. The molecule has 2 rings (SSSR count). The number of benzene rings is 2. The van der Waals surface area contributed by atoms with Gasteiger partial charge in [0.1, 0.15) is 5.75 Å². The smallest absolute Gasteiger partial charge is 0.277 e. The first-order valence-corrected chi connectivity index (χ1v) is 8.10. The second-order valence-corrected chi connectivity index (χ2v) is 6.06. The number of hydrogen-bond donors (Lipinski definition) is 1. The van der Waals surface area contributed by atoms with Gasteiger partial charge in [-0.15, -0.1) is 0 Å². The van der Waals surface area contributed by atoms with E-state index in [0.29, 0.717) is 0 Å². The molecule has 0 atom stereocenters. The highest BCUT2D eigenvalue weighted by Crippen LogP contribution is 2.22. The summed E-state index contributed by atoms with van der Waals surface area (Å²) in [4.78, 5) is 12.1. The van der Waals surface area contributed by atoms with Gasteiger partial charge in [0.05, 0.1) is 5.71 Å². The fourth-order valence-electron chi connectivity index (χ4n) is 2.46. The summed E-state index contributed by atoms with van der Waals surface area (Å²) in [5, 5.41) is 4.29. The van der Waals surface area contributed by atoms with Gasteiger partial charge < -0.3 is 4.74 Å². The van der Waals surface area contributed by atoms with E-state index in [1.165, 1.54) is 0 Å². The topological polar surface area (TPSA) is 50.7 Å². The van der Waals surface area contributed by atoms with Gasteiger partial charge in [-0.2, -0.15) is 5.10 Å². The van der Waals surface area contributed by atoms with Crippen molar-refractivity contribution >= 4 is 11.6 Å². The fraction of sp³-hybridized carbons (Fsp3) is 0.300. The number of para-hydroxylation sites is 1. The van der Waals surface area contributed by atoms with Crippen LogP contribution >= 0.6 is 0 Å². The van der Waals surface area contributed by atoms with Crippen molar-refractivity contribution in [3.63, 3.8) is 0 Å². The molecule has 0 saturated carbocycles. The summed E-state index contributed by atoms with van der Waals surface area (Å²) < 4.78 is 5.65. The van der Waals surface area contributed by atoms with Crippen LogP contribution in [0.2, 0.25) is 0 Å². The van der Waals surface area contributed by atoms with E-state index < -0.39 is 0 Å². The standard InChI is InChI=1S/C20H24N2O2/c1-14(2)19(17-11-6-5-7-12-17)22-21-18(23)13-24-20-15(3)9-8-10-16(20)4/h5-12,14H,13H2,1-4H3,(H,21,23). The molecule has 24 heavy (non-hydrogen) atoms. The quantitative estimate of drug-likeness (QED) is 0.648. The van der Waals surface area contributed by atoms with Crippen molar-refractivity contribution in [3.05, 3.63) is 65.2 Å². The zero-order valence-electron chi connectivity index (χ0n) is 14.7. The maximum atomic E-state index is 12.1. The Balaban J connectivity index is 2.01. The molecule has 0 aliphatic rings. The third kappa shape index (κ3) is 4.69. The molecule has 0 radical (unpaired) electrons. The van der Waals surface area contributed by atoms with Gasteiger partial charge in [-0.3, -0.25) is 4.79 Å². The van der Waals surface area contributed by atoms with Crippen LogP contribution in [0.1, 0.15) is 30.5 Å². The molecule has 0 fully saturated rings. The minimum Gasteiger partial charge on any atom is -0.483 e. The van der Waals surface area contributed by atoms with Crippen molar-refractivity contribution in [2.45, 2.75) is 27.7 Å². The summed E-state index contributed by atoms with van der Waals surface area (Å²) in [6.07, 6.45) is 0. The minimum absolute atomic E-state index is 0.0602. The van der Waals surface area contributed by atoms with Crippen molar-refractivity contribution in [3.8, 4) is 5.75 Å². The van der Waals surface area contributed by atoms with E-state index in [1.54, 1.807) is 0 Å². The van der Waals surface area contributed by atoms with Gasteiger partial charge in [0.2, 0.25) is 0 Å². The number of aryl methyl sites for hydroxylation is 2. The van der Waals surface area contributed by atoms with Crippen LogP contribution in [-0.2, 0) is 4.79 Å². The molecule has 0 unspecified atom stereocenters. The molecule has 0 bridgehead atoms. The lowest BCUT2D eigenvalue weighted by Crippen LogP contribution is -2.27. The van der Waals surface area contributed by atoms with E-state index in [9.17, 15) is 4.79 Å². The Bertz CT molecular complexity index is 701. The van der Waals surface area contributed by atoms with E-state index in [4.69, 9.17) is 4.74 Å². The van der Waals surface area contributed by atoms with E-state index in [0.717, 1.165) is 28.2 Å². The molecule has 0 aliphatic carbocycles. The van der Waals surface area contributed by atoms with Gasteiger partial charge in [0.15, 0.2) is 6.61 Å². The second-order valence-electron chi connectivity index (χ2n) is 6.06. The zero-order valence-corrected chi connectivity index (χ0v) is 14.7. The second kappa shape index (κ2) is 8.29. The van der Waals surface area contributed by atoms with Gasteiger partial charge >= 0.3 is 0 Å². The first-order chi connectivity index (χ1) is 11.5. The molecule has 1 amide bonds. The summed E-state index contributed by atoms with van der Waals surface area (Å²) in [6, 6.07) is 15.7. The Kier molecular flexibility index (Phi) is 6.13. The summed E-state index contributed by atoms with van der Waals surface area (Å²) in [5.74, 6) is 0.683. The molecule has 126 valence electrons. The predicted octanol–water partition coefficient (Wildman–Crippen LogP) is 3.86. The average molecular weight is 324 g/mol. The maximum absolute atomic E-state index is 12.1. The molecular formula is C20H24N2O2. The van der Waals surface area contributed by atoms with E-state index in [-0.39, 0.29) is 18.4 Å². The molecule has 0 saturated heterocycles. The van der Waals surface area contributed by atoms with Crippen molar-refractivity contribution in [1.29, 1.82) is 0 Å². The predicted molar refractivity (Wildman–Crippen MR) is 97.4 cm³/mol. The number of ether oxygens (including phenoxy) is 1. The first kappa shape index (κ1) is 17.7. The highest BCUT2D eigenvalue weighted by molar-refractivity contribution is 6.02. The molecule has 0 spiro atoms. The minimum atomic E-state index is -0.272. The summed E-state index contributed by atoms with van der Waals surface area (Å²) >= 11 is 0. The molecule has 4 heteroatoms. The van der Waals surface area contributed by atoms with E-state index in [2.05, 4.69) is 10.5 Å². The number of nitrogens with one attached hydrogen (secondary N) is 1. The highest BCUT2D eigenvalue weighted by Gasteiger charge is 2.10. The average Bonchev–Trinajstić information content (AvgIpc) is 2.55. The monoisotopic (exact) mass is 324 g/mol. The molecule has 0 aliphatic heterocycles. The normalized spacial score (nSPS) is 11.5. The van der Waals surface area contributed by atoms with Crippen LogP contribution in [0.3, 0.4) is 0 Å². The van der Waals surface area contributed by atoms with Crippen LogP contribution in [0.25, 0.3) is 0 Å². The number of carbonyl (C=O) groups is 1. The van der Waals surface area contributed by atoms with Crippen LogP contribution in [0, 0.1) is 19.8 Å². The lowest BCUT2D eigenvalue weighted by atomic mass is 10.0. The van der Waals surface area contributed by atoms with Crippen LogP contribution < -0.4 is 10.2 Å². The molecule has 2 aromatic carbocycles. The largest absolute Gasteiger partial charge is 0.483 e. The Morgan fingerprint density at radius 1 is 1.04 bits per heavy atom. The van der Waals surface area contributed by atoms with Gasteiger partial charge in [0, 0.05) is 0 Å². The number of nitrogens with zero attached hydrogens (tertiary/aromatic N) is 1. The Morgan fingerprint density at radius 3 is 2.25 bits per heavy atom. The number of carbonyl (C=O) groups excluding carboxylic acids is 1. The number of rotatable bonds is 6. The van der Waals surface area contributed by atoms with Gasteiger partial charge in [-0.05, 0) is 36.5 Å². The Labute approximate surface area is 143 Å². The molecule has 4 nitrogen and oxygen atoms in total. The summed E-state index contributed by atoms with van der Waals surface area (Å²) in [6.45, 7) is 7.96. The third-order valence-corrected chi connectivity index (χ3v) is 3.67. The summed E-state index contributed by atoms with van der Waals surface area (Å²) in [7, 11) is 0. The lowest BCUT2D eigenvalue weighted by Gasteiger charge is -2.12. The van der Waals surface area contributed by atoms with Crippen LogP contribution in [0.5, 0.6) is 5.75 Å². The molecule has 2 aromatic rings. The summed E-state index contributed by atoms with van der Waals surface area (Å²) in [5.41, 5.74) is 6.47. The van der Waals surface area contributed by atoms with Crippen LogP contribution in [-0.4, -0.2) is 18.2 Å². The van der Waals surface area contributed by atoms with Gasteiger partial charge in [-0.1, -0.05) is 62.4 Å². The molecule has 0 heterocycles. The lowest BCUT2D eigenvalue weighted by molar-refractivity contribution is -0.123. The number of hydrazone groups is 1. The Hall–Kier alpha value is -2.62. The van der Waals surface area contributed by atoms with Crippen molar-refractivity contribution in [2.24, 2.45) is 11.0 Å². The van der Waals surface area contributed by atoms with E-state index >= 15 is 0 Å². The van der Waals surface area contributed by atoms with E-state index in [1.807, 2.05) is 76.2 Å². The maximum Gasteiger partial charge on any atom is 0.277 e. The fourth-order valence-corrected chi connectivity index (χ4v) is 2.46. The first-order valence-electron chi connectivity index (χ1n) is 8.10. The third-order valence-electron chi connectivity index (χ3n) is 3.67. The zero-order chi connectivity index (χ0) is 17.5. The van der Waals surface area contributed by atoms with Crippen LogP contribution in [0.15, 0.2) is 53.6 Å². The van der Waals surface area contributed by atoms with Gasteiger partial charge in [-0.25, -0.2) is 5.43 Å². The molecule has 0 aromatic heterocycles. The molecule has 1 N–H and O–H groups in total. The SMILES string of the molecule is Cc1cccc(C)c1OCC(=O)NN=C(c1ccccc1)C(C)C. The van der Waals surface area contributed by atoms with Crippen molar-refractivity contribution < 1.29 is 9.53 Å². The van der Waals surface area contributed by atoms with Crippen LogP contribution in [0.4, 0.5) is 0 Å². The number of hydrogen-bond acceptors (Lipinski definition) is 3. The Morgan fingerprint density at radius 2 is 1.67 bits per heavy atom. The van der Waals surface area contributed by atoms with Crippen molar-refractivity contribution in [2.75, 3.05) is 6.61 Å². The van der Waals surface area contributed by atoms with Crippen molar-refractivity contribution in [1.82, 2.24) is 5.43 Å². The molecular weight excluding hydrogens is 300 g/mol. The van der Waals surface area contributed by atoms with Gasteiger partial charge in [0.25, 0.3) is 5.91 Å². The number of amides is 1.